The summed E-state index contributed by atoms with van der Waals surface area (Å²) in [6.45, 7) is 11.8. The smallest absolute Gasteiger partial charge is 0.115 e. The van der Waals surface area contributed by atoms with Crippen molar-refractivity contribution in [2.24, 2.45) is 17.3 Å². The lowest BCUT2D eigenvalue weighted by Gasteiger charge is -2.31. The number of benzene rings is 1. The topological polar surface area (TPSA) is 20.2 Å². The molecular weight excluding hydrogens is 316 g/mol. The summed E-state index contributed by atoms with van der Waals surface area (Å²) in [7, 11) is 0. The fourth-order valence-electron chi connectivity index (χ4n) is 4.03. The van der Waals surface area contributed by atoms with Crippen LogP contribution in [0.2, 0.25) is 0 Å². The molecule has 0 saturated heterocycles. The van der Waals surface area contributed by atoms with E-state index in [0.717, 1.165) is 18.3 Å². The Hall–Kier alpha value is -0.980. The van der Waals surface area contributed by atoms with Gasteiger partial charge in [-0.15, -0.1) is 0 Å². The number of hydrogen-bond donors (Lipinski definition) is 1. The predicted molar refractivity (Wildman–Crippen MR) is 116 cm³/mol. The van der Waals surface area contributed by atoms with Crippen LogP contribution in [0, 0.1) is 17.3 Å². The Morgan fingerprint density at radius 1 is 0.846 bits per heavy atom. The van der Waals surface area contributed by atoms with E-state index in [1.807, 2.05) is 12.1 Å². The van der Waals surface area contributed by atoms with Crippen molar-refractivity contribution < 1.29 is 5.11 Å². The lowest BCUT2D eigenvalue weighted by molar-refractivity contribution is 0.220. The van der Waals surface area contributed by atoms with Crippen molar-refractivity contribution >= 4 is 0 Å². The molecular formula is C25H44O. The summed E-state index contributed by atoms with van der Waals surface area (Å²) in [5.41, 5.74) is 1.73. The molecule has 0 heterocycles. The van der Waals surface area contributed by atoms with Gasteiger partial charge in [-0.1, -0.05) is 105 Å². The summed E-state index contributed by atoms with van der Waals surface area (Å²) in [6.07, 6.45) is 15.0. The van der Waals surface area contributed by atoms with Crippen molar-refractivity contribution in [2.45, 2.75) is 105 Å². The first-order chi connectivity index (χ1) is 12.3. The number of phenolic OH excluding ortho intramolecular Hbond substituents is 1. The quantitative estimate of drug-likeness (QED) is 0.352. The molecule has 2 atom stereocenters. The molecule has 26 heavy (non-hydrogen) atoms. The minimum absolute atomic E-state index is 0.369. The molecule has 2 unspecified atom stereocenters. The molecule has 1 aromatic carbocycles. The summed E-state index contributed by atoms with van der Waals surface area (Å²) in [5, 5.41) is 9.52. The molecule has 0 aliphatic rings. The zero-order valence-corrected chi connectivity index (χ0v) is 18.2. The van der Waals surface area contributed by atoms with Crippen molar-refractivity contribution in [1.29, 1.82) is 0 Å². The number of unbranched alkanes of at least 4 members (excludes halogenated alkanes) is 7. The molecule has 0 fully saturated rings. The van der Waals surface area contributed by atoms with Crippen LogP contribution in [-0.2, 0) is 6.42 Å². The molecule has 0 aliphatic carbocycles. The summed E-state index contributed by atoms with van der Waals surface area (Å²) < 4.78 is 0. The fourth-order valence-corrected chi connectivity index (χ4v) is 4.03. The molecule has 1 N–H and O–H groups in total. The maximum atomic E-state index is 9.52. The minimum atomic E-state index is 0.369. The number of aromatic hydroxyl groups is 1. The average Bonchev–Trinajstić information content (AvgIpc) is 2.57. The third kappa shape index (κ3) is 10.9. The van der Waals surface area contributed by atoms with Gasteiger partial charge in [0.1, 0.15) is 5.75 Å². The Morgan fingerprint density at radius 3 is 1.92 bits per heavy atom. The van der Waals surface area contributed by atoms with Crippen LogP contribution in [0.5, 0.6) is 5.75 Å². The van der Waals surface area contributed by atoms with Gasteiger partial charge in [-0.3, -0.25) is 0 Å². The molecule has 0 bridgehead atoms. The van der Waals surface area contributed by atoms with Crippen LogP contribution < -0.4 is 0 Å². The monoisotopic (exact) mass is 360 g/mol. The van der Waals surface area contributed by atoms with Crippen molar-refractivity contribution in [3.8, 4) is 5.75 Å². The molecule has 0 amide bonds. The Bertz CT molecular complexity index is 454. The van der Waals surface area contributed by atoms with E-state index in [0.29, 0.717) is 11.2 Å². The zero-order chi connectivity index (χ0) is 19.4. The maximum Gasteiger partial charge on any atom is 0.115 e. The van der Waals surface area contributed by atoms with Crippen molar-refractivity contribution in [3.63, 3.8) is 0 Å². The van der Waals surface area contributed by atoms with Gasteiger partial charge in [-0.2, -0.15) is 0 Å². The number of rotatable bonds is 13. The zero-order valence-electron chi connectivity index (χ0n) is 18.2. The van der Waals surface area contributed by atoms with Crippen LogP contribution in [0.25, 0.3) is 0 Å². The Labute approximate surface area is 163 Å². The van der Waals surface area contributed by atoms with E-state index < -0.39 is 0 Å². The third-order valence-electron chi connectivity index (χ3n) is 5.63. The van der Waals surface area contributed by atoms with Gasteiger partial charge in [-0.05, 0) is 47.8 Å². The highest BCUT2D eigenvalue weighted by Crippen LogP contribution is 2.34. The highest BCUT2D eigenvalue weighted by atomic mass is 16.3. The van der Waals surface area contributed by atoms with Crippen LogP contribution in [0.3, 0.4) is 0 Å². The summed E-state index contributed by atoms with van der Waals surface area (Å²) in [6, 6.07) is 7.83. The van der Waals surface area contributed by atoms with Crippen molar-refractivity contribution in [3.05, 3.63) is 29.8 Å². The Morgan fingerprint density at radius 2 is 1.38 bits per heavy atom. The van der Waals surface area contributed by atoms with E-state index in [-0.39, 0.29) is 0 Å². The molecule has 0 radical (unpaired) electrons. The highest BCUT2D eigenvalue weighted by Gasteiger charge is 2.23. The van der Waals surface area contributed by atoms with Gasteiger partial charge in [0.2, 0.25) is 0 Å². The summed E-state index contributed by atoms with van der Waals surface area (Å²) in [5.74, 6) is 1.86. The van der Waals surface area contributed by atoms with Gasteiger partial charge in [0.15, 0.2) is 0 Å². The number of phenols is 1. The van der Waals surface area contributed by atoms with E-state index in [2.05, 4.69) is 46.8 Å². The first kappa shape index (κ1) is 23.1. The molecule has 0 saturated carbocycles. The Kier molecular flexibility index (Phi) is 11.0. The molecule has 1 aromatic rings. The average molecular weight is 361 g/mol. The van der Waals surface area contributed by atoms with E-state index >= 15 is 0 Å². The second kappa shape index (κ2) is 12.4. The Balaban J connectivity index is 2.41. The fraction of sp³-hybridized carbons (Fsp3) is 0.760. The van der Waals surface area contributed by atoms with E-state index in [1.165, 1.54) is 69.8 Å². The summed E-state index contributed by atoms with van der Waals surface area (Å²) in [4.78, 5) is 0. The van der Waals surface area contributed by atoms with Crippen LogP contribution in [0.4, 0.5) is 0 Å². The van der Waals surface area contributed by atoms with Gasteiger partial charge < -0.3 is 5.11 Å². The molecule has 0 spiro atoms. The SMILES string of the molecule is CCCCCCCCCCC(C)C(Cc1ccc(O)cc1)CC(C)(C)C. The van der Waals surface area contributed by atoms with Gasteiger partial charge >= 0.3 is 0 Å². The third-order valence-corrected chi connectivity index (χ3v) is 5.63. The van der Waals surface area contributed by atoms with Gasteiger partial charge in [-0.25, -0.2) is 0 Å². The second-order valence-corrected chi connectivity index (χ2v) is 9.64. The van der Waals surface area contributed by atoms with Crippen LogP contribution in [0.1, 0.15) is 104 Å². The van der Waals surface area contributed by atoms with Crippen LogP contribution >= 0.6 is 0 Å². The van der Waals surface area contributed by atoms with Crippen molar-refractivity contribution in [1.82, 2.24) is 0 Å². The molecule has 1 heteroatoms. The maximum absolute atomic E-state index is 9.52. The highest BCUT2D eigenvalue weighted by molar-refractivity contribution is 5.26. The molecule has 1 rings (SSSR count). The lowest BCUT2D eigenvalue weighted by Crippen LogP contribution is -2.21. The lowest BCUT2D eigenvalue weighted by atomic mass is 9.75. The largest absolute Gasteiger partial charge is 0.508 e. The van der Waals surface area contributed by atoms with E-state index in [9.17, 15) is 5.11 Å². The molecule has 150 valence electrons. The molecule has 1 nitrogen and oxygen atoms in total. The first-order valence-corrected chi connectivity index (χ1v) is 11.1. The van der Waals surface area contributed by atoms with Crippen LogP contribution in [-0.4, -0.2) is 5.11 Å². The minimum Gasteiger partial charge on any atom is -0.508 e. The normalized spacial score (nSPS) is 14.3. The van der Waals surface area contributed by atoms with E-state index in [4.69, 9.17) is 0 Å². The van der Waals surface area contributed by atoms with Crippen molar-refractivity contribution in [2.75, 3.05) is 0 Å². The predicted octanol–water partition coefficient (Wildman–Crippen LogP) is 8.15. The second-order valence-electron chi connectivity index (χ2n) is 9.64. The summed E-state index contributed by atoms with van der Waals surface area (Å²) >= 11 is 0. The van der Waals surface area contributed by atoms with Gasteiger partial charge in [0.25, 0.3) is 0 Å². The first-order valence-electron chi connectivity index (χ1n) is 11.1. The van der Waals surface area contributed by atoms with Gasteiger partial charge in [0, 0.05) is 0 Å². The van der Waals surface area contributed by atoms with Crippen LogP contribution in [0.15, 0.2) is 24.3 Å². The van der Waals surface area contributed by atoms with E-state index in [1.54, 1.807) is 0 Å². The molecule has 0 aliphatic heterocycles. The standard InChI is InChI=1S/C25H44O/c1-6-7-8-9-10-11-12-13-14-21(2)23(20-25(3,4)5)19-22-15-17-24(26)18-16-22/h15-18,21,23,26H,6-14,19-20H2,1-5H3. The number of hydrogen-bond acceptors (Lipinski definition) is 1. The van der Waals surface area contributed by atoms with Gasteiger partial charge in [0.05, 0.1) is 0 Å². The molecule has 0 aromatic heterocycles.